The molecule has 160 valence electrons. The van der Waals surface area contributed by atoms with Gasteiger partial charge in [0.1, 0.15) is 11.4 Å². The molecule has 0 bridgehead atoms. The van der Waals surface area contributed by atoms with Crippen molar-refractivity contribution in [2.24, 2.45) is 0 Å². The van der Waals surface area contributed by atoms with E-state index in [9.17, 15) is 4.79 Å². The summed E-state index contributed by atoms with van der Waals surface area (Å²) in [6.07, 6.45) is 1.58. The highest BCUT2D eigenvalue weighted by Crippen LogP contribution is 2.22. The molecule has 1 amide bonds. The zero-order chi connectivity index (χ0) is 21.6. The number of anilines is 4. The van der Waals surface area contributed by atoms with Crippen molar-refractivity contribution in [1.82, 2.24) is 15.0 Å². The fourth-order valence-electron chi connectivity index (χ4n) is 3.23. The summed E-state index contributed by atoms with van der Waals surface area (Å²) in [5.74, 6) is 1.41. The van der Waals surface area contributed by atoms with Crippen molar-refractivity contribution in [3.63, 3.8) is 0 Å². The first-order chi connectivity index (χ1) is 15.1. The average Bonchev–Trinajstić information content (AvgIpc) is 2.80. The van der Waals surface area contributed by atoms with Crippen LogP contribution in [0.15, 0.2) is 48.7 Å². The third-order valence-corrected chi connectivity index (χ3v) is 4.76. The van der Waals surface area contributed by atoms with Gasteiger partial charge in [-0.15, -0.1) is 0 Å². The standard InChI is InChI=1S/C22H24N6O3/c1-15-14-19(27-22(24-15)28-10-12-31-13-11-28)25-16-5-7-17(8-6-16)26-20(29)18-4-3-9-23-21(18)30-2/h3-9,14H,10-13H2,1-2H3,(H,26,29)(H,24,25,27). The van der Waals surface area contributed by atoms with Gasteiger partial charge >= 0.3 is 0 Å². The summed E-state index contributed by atoms with van der Waals surface area (Å²) in [4.78, 5) is 27.9. The molecule has 2 N–H and O–H groups in total. The van der Waals surface area contributed by atoms with E-state index in [1.165, 1.54) is 7.11 Å². The van der Waals surface area contributed by atoms with Gasteiger partial charge in [-0.25, -0.2) is 9.97 Å². The first kappa shape index (κ1) is 20.5. The van der Waals surface area contributed by atoms with Gasteiger partial charge in [0.15, 0.2) is 0 Å². The van der Waals surface area contributed by atoms with Gasteiger partial charge < -0.3 is 25.0 Å². The first-order valence-electron chi connectivity index (χ1n) is 9.98. The van der Waals surface area contributed by atoms with Crippen LogP contribution in [0, 0.1) is 6.92 Å². The Morgan fingerprint density at radius 1 is 1.10 bits per heavy atom. The number of ether oxygens (including phenoxy) is 2. The van der Waals surface area contributed by atoms with Gasteiger partial charge in [-0.05, 0) is 43.3 Å². The van der Waals surface area contributed by atoms with Crippen molar-refractivity contribution in [3.8, 4) is 5.88 Å². The number of aryl methyl sites for hydroxylation is 1. The van der Waals surface area contributed by atoms with Gasteiger partial charge in [0.2, 0.25) is 11.8 Å². The van der Waals surface area contributed by atoms with E-state index < -0.39 is 0 Å². The maximum absolute atomic E-state index is 12.5. The number of amides is 1. The van der Waals surface area contributed by atoms with E-state index in [0.717, 1.165) is 24.5 Å². The number of methoxy groups -OCH3 is 1. The van der Waals surface area contributed by atoms with Gasteiger partial charge in [-0.1, -0.05) is 0 Å². The summed E-state index contributed by atoms with van der Waals surface area (Å²) < 4.78 is 10.6. The smallest absolute Gasteiger partial charge is 0.261 e. The Labute approximate surface area is 180 Å². The molecule has 0 radical (unpaired) electrons. The number of carbonyl (C=O) groups is 1. The molecule has 9 heteroatoms. The molecule has 1 aliphatic rings. The molecule has 1 aromatic carbocycles. The van der Waals surface area contributed by atoms with E-state index in [-0.39, 0.29) is 11.8 Å². The highest BCUT2D eigenvalue weighted by Gasteiger charge is 2.15. The van der Waals surface area contributed by atoms with Crippen molar-refractivity contribution in [3.05, 3.63) is 59.9 Å². The Morgan fingerprint density at radius 3 is 2.58 bits per heavy atom. The number of carbonyl (C=O) groups excluding carboxylic acids is 1. The minimum Gasteiger partial charge on any atom is -0.480 e. The van der Waals surface area contributed by atoms with Gasteiger partial charge in [0.25, 0.3) is 5.91 Å². The number of aromatic nitrogens is 3. The molecular weight excluding hydrogens is 396 g/mol. The predicted molar refractivity (Wildman–Crippen MR) is 118 cm³/mol. The van der Waals surface area contributed by atoms with Crippen LogP contribution in [0.3, 0.4) is 0 Å². The van der Waals surface area contributed by atoms with E-state index in [2.05, 4.69) is 30.5 Å². The Bertz CT molecular complexity index is 1050. The van der Waals surface area contributed by atoms with Crippen molar-refractivity contribution in [2.45, 2.75) is 6.92 Å². The number of rotatable bonds is 6. The van der Waals surface area contributed by atoms with Crippen molar-refractivity contribution >= 4 is 29.0 Å². The van der Waals surface area contributed by atoms with Crippen molar-refractivity contribution < 1.29 is 14.3 Å². The Hall–Kier alpha value is -3.72. The lowest BCUT2D eigenvalue weighted by atomic mass is 10.2. The second-order valence-electron chi connectivity index (χ2n) is 7.01. The molecule has 1 saturated heterocycles. The minimum atomic E-state index is -0.285. The first-order valence-corrected chi connectivity index (χ1v) is 9.98. The largest absolute Gasteiger partial charge is 0.480 e. The Balaban J connectivity index is 1.44. The van der Waals surface area contributed by atoms with Crippen molar-refractivity contribution in [1.29, 1.82) is 0 Å². The number of morpholine rings is 1. The third-order valence-electron chi connectivity index (χ3n) is 4.76. The highest BCUT2D eigenvalue weighted by molar-refractivity contribution is 6.05. The van der Waals surface area contributed by atoms with Crippen LogP contribution in [0.2, 0.25) is 0 Å². The lowest BCUT2D eigenvalue weighted by Gasteiger charge is -2.27. The molecule has 1 fully saturated rings. The fraction of sp³-hybridized carbons (Fsp3) is 0.273. The van der Waals surface area contributed by atoms with E-state index in [1.54, 1.807) is 18.3 Å². The van der Waals surface area contributed by atoms with Crippen LogP contribution in [-0.4, -0.2) is 54.3 Å². The molecule has 0 spiro atoms. The monoisotopic (exact) mass is 420 g/mol. The minimum absolute atomic E-state index is 0.285. The molecule has 1 aliphatic heterocycles. The van der Waals surface area contributed by atoms with Crippen LogP contribution in [-0.2, 0) is 4.74 Å². The summed E-state index contributed by atoms with van der Waals surface area (Å²) in [5.41, 5.74) is 2.77. The van der Waals surface area contributed by atoms with Crippen LogP contribution in [0.1, 0.15) is 16.1 Å². The lowest BCUT2D eigenvalue weighted by Crippen LogP contribution is -2.37. The maximum atomic E-state index is 12.5. The zero-order valence-corrected chi connectivity index (χ0v) is 17.5. The Kier molecular flexibility index (Phi) is 6.23. The van der Waals surface area contributed by atoms with Crippen LogP contribution >= 0.6 is 0 Å². The van der Waals surface area contributed by atoms with E-state index >= 15 is 0 Å². The molecule has 0 unspecified atom stereocenters. The average molecular weight is 420 g/mol. The van der Waals surface area contributed by atoms with E-state index in [1.807, 2.05) is 37.3 Å². The number of benzene rings is 1. The van der Waals surface area contributed by atoms with Crippen LogP contribution in [0.4, 0.5) is 23.1 Å². The Morgan fingerprint density at radius 2 is 1.84 bits per heavy atom. The molecule has 0 atom stereocenters. The molecule has 0 aliphatic carbocycles. The fourth-order valence-corrected chi connectivity index (χ4v) is 3.23. The quantitative estimate of drug-likeness (QED) is 0.628. The van der Waals surface area contributed by atoms with Crippen molar-refractivity contribution in [2.75, 3.05) is 48.9 Å². The lowest BCUT2D eigenvalue weighted by molar-refractivity contribution is 0.102. The summed E-state index contributed by atoms with van der Waals surface area (Å²) in [6.45, 7) is 4.86. The highest BCUT2D eigenvalue weighted by atomic mass is 16.5. The molecule has 4 rings (SSSR count). The number of nitrogens with zero attached hydrogens (tertiary/aromatic N) is 4. The molecule has 3 aromatic rings. The molecule has 2 aromatic heterocycles. The number of hydrogen-bond donors (Lipinski definition) is 2. The second-order valence-corrected chi connectivity index (χ2v) is 7.01. The number of pyridine rings is 1. The second kappa shape index (κ2) is 9.40. The van der Waals surface area contributed by atoms with E-state index in [4.69, 9.17) is 9.47 Å². The molecule has 31 heavy (non-hydrogen) atoms. The number of hydrogen-bond acceptors (Lipinski definition) is 8. The third kappa shape index (κ3) is 5.07. The molecule has 3 heterocycles. The van der Waals surface area contributed by atoms with Gasteiger partial charge in [0, 0.05) is 42.4 Å². The van der Waals surface area contributed by atoms with Crippen LogP contribution < -0.4 is 20.3 Å². The SMILES string of the molecule is COc1ncccc1C(=O)Nc1ccc(Nc2cc(C)nc(N3CCOCC3)n2)cc1. The van der Waals surface area contributed by atoms with Gasteiger partial charge in [-0.2, -0.15) is 4.98 Å². The van der Waals surface area contributed by atoms with Crippen LogP contribution in [0.25, 0.3) is 0 Å². The normalized spacial score (nSPS) is 13.5. The zero-order valence-electron chi connectivity index (χ0n) is 17.5. The van der Waals surface area contributed by atoms with Gasteiger partial charge in [-0.3, -0.25) is 4.79 Å². The summed E-state index contributed by atoms with van der Waals surface area (Å²) >= 11 is 0. The van der Waals surface area contributed by atoms with Gasteiger partial charge in [0.05, 0.1) is 20.3 Å². The van der Waals surface area contributed by atoms with Crippen LogP contribution in [0.5, 0.6) is 5.88 Å². The predicted octanol–water partition coefficient (Wildman–Crippen LogP) is 3.02. The summed E-state index contributed by atoms with van der Waals surface area (Å²) in [6, 6.07) is 12.7. The number of nitrogens with one attached hydrogen (secondary N) is 2. The molecular formula is C22H24N6O3. The molecule has 9 nitrogen and oxygen atoms in total. The topological polar surface area (TPSA) is 102 Å². The summed E-state index contributed by atoms with van der Waals surface area (Å²) in [5, 5.41) is 6.16. The van der Waals surface area contributed by atoms with E-state index in [0.29, 0.717) is 36.2 Å². The summed E-state index contributed by atoms with van der Waals surface area (Å²) in [7, 11) is 1.49. The molecule has 0 saturated carbocycles. The maximum Gasteiger partial charge on any atom is 0.261 e.